The molecule has 1 aromatic rings. The average Bonchev–Trinajstić information content (AvgIpc) is 2.80. The summed E-state index contributed by atoms with van der Waals surface area (Å²) in [7, 11) is 0. The van der Waals surface area contributed by atoms with E-state index < -0.39 is 0 Å². The van der Waals surface area contributed by atoms with E-state index in [0.29, 0.717) is 31.0 Å². The summed E-state index contributed by atoms with van der Waals surface area (Å²) in [6, 6.07) is 7.02. The van der Waals surface area contributed by atoms with E-state index in [0.717, 1.165) is 6.42 Å². The van der Waals surface area contributed by atoms with E-state index in [4.69, 9.17) is 9.47 Å². The van der Waals surface area contributed by atoms with Crippen LogP contribution in [0.2, 0.25) is 0 Å². The molecule has 3 rings (SSSR count). The van der Waals surface area contributed by atoms with Crippen molar-refractivity contribution in [3.05, 3.63) is 29.3 Å². The van der Waals surface area contributed by atoms with Crippen molar-refractivity contribution < 1.29 is 9.47 Å². The Morgan fingerprint density at radius 1 is 0.735 bits per heavy atom. The fraction of sp³-hybridized carbons (Fsp3) is 0.812. The van der Waals surface area contributed by atoms with Gasteiger partial charge in [0.05, 0.1) is 12.7 Å². The van der Waals surface area contributed by atoms with Gasteiger partial charge in [0.2, 0.25) is 0 Å². The Bertz CT molecular complexity index is 676. The van der Waals surface area contributed by atoms with Gasteiger partial charge in [-0.2, -0.15) is 0 Å². The van der Waals surface area contributed by atoms with E-state index in [1.54, 1.807) is 0 Å². The van der Waals surface area contributed by atoms with Crippen LogP contribution in [0.25, 0.3) is 0 Å². The fourth-order valence-corrected chi connectivity index (χ4v) is 7.01. The van der Waals surface area contributed by atoms with Crippen molar-refractivity contribution in [1.82, 2.24) is 0 Å². The zero-order chi connectivity index (χ0) is 24.8. The third-order valence-corrected chi connectivity index (χ3v) is 8.56. The lowest BCUT2D eigenvalue weighted by atomic mass is 9.64. The van der Waals surface area contributed by atoms with Crippen molar-refractivity contribution >= 4 is 0 Å². The predicted molar refractivity (Wildman–Crippen MR) is 146 cm³/mol. The van der Waals surface area contributed by atoms with E-state index in [1.807, 2.05) is 0 Å². The minimum Gasteiger partial charge on any atom is -0.491 e. The van der Waals surface area contributed by atoms with Crippen molar-refractivity contribution in [2.75, 3.05) is 13.2 Å². The summed E-state index contributed by atoms with van der Waals surface area (Å²) in [6.07, 6.45) is 14.9. The zero-order valence-corrected chi connectivity index (χ0v) is 23.6. The first-order chi connectivity index (χ1) is 16.1. The first kappa shape index (κ1) is 27.6. The van der Waals surface area contributed by atoms with Crippen molar-refractivity contribution in [3.63, 3.8) is 0 Å². The van der Waals surface area contributed by atoms with Crippen LogP contribution in [0.4, 0.5) is 0 Å². The second-order valence-electron chi connectivity index (χ2n) is 13.5. The summed E-state index contributed by atoms with van der Waals surface area (Å²) in [4.78, 5) is 0. The van der Waals surface area contributed by atoms with E-state index in [9.17, 15) is 0 Å². The van der Waals surface area contributed by atoms with Crippen LogP contribution in [0, 0.1) is 16.7 Å². The number of para-hydroxylation sites is 1. The van der Waals surface area contributed by atoms with Gasteiger partial charge in [-0.25, -0.2) is 0 Å². The molecule has 0 amide bonds. The van der Waals surface area contributed by atoms with Gasteiger partial charge in [0.25, 0.3) is 0 Å². The smallest absolute Gasteiger partial charge is 0.126 e. The Hall–Kier alpha value is -1.02. The second kappa shape index (κ2) is 12.3. The highest BCUT2D eigenvalue weighted by molar-refractivity contribution is 5.46. The van der Waals surface area contributed by atoms with E-state index in [2.05, 4.69) is 66.7 Å². The molecule has 2 fully saturated rings. The Balaban J connectivity index is 1.64. The summed E-state index contributed by atoms with van der Waals surface area (Å²) in [5, 5.41) is 0. The number of hydrogen-bond acceptors (Lipinski definition) is 2. The van der Waals surface area contributed by atoms with E-state index >= 15 is 0 Å². The number of rotatable bonds is 9. The third kappa shape index (κ3) is 7.74. The maximum atomic E-state index is 6.64. The van der Waals surface area contributed by atoms with Crippen molar-refractivity contribution in [2.24, 2.45) is 16.7 Å². The molecule has 2 aliphatic rings. The maximum Gasteiger partial charge on any atom is 0.126 e. The Morgan fingerprint density at radius 2 is 1.21 bits per heavy atom. The van der Waals surface area contributed by atoms with Gasteiger partial charge < -0.3 is 9.47 Å². The SMILES string of the molecule is CC(CC(C(C)(C)C)C(C)(C)C)OCCOc1c(C2CCCCC2)cccc1C1CCCCC1. The average molecular weight is 471 g/mol. The summed E-state index contributed by atoms with van der Waals surface area (Å²) in [6.45, 7) is 17.8. The largest absolute Gasteiger partial charge is 0.491 e. The lowest BCUT2D eigenvalue weighted by molar-refractivity contribution is -0.00847. The molecule has 0 aromatic heterocycles. The van der Waals surface area contributed by atoms with Crippen LogP contribution in [-0.4, -0.2) is 19.3 Å². The fourth-order valence-electron chi connectivity index (χ4n) is 7.01. The van der Waals surface area contributed by atoms with Gasteiger partial charge in [0.15, 0.2) is 0 Å². The molecule has 0 heterocycles. The highest BCUT2D eigenvalue weighted by Gasteiger charge is 2.35. The third-order valence-electron chi connectivity index (χ3n) is 8.56. The molecule has 1 aromatic carbocycles. The summed E-state index contributed by atoms with van der Waals surface area (Å²) < 4.78 is 13.0. The molecule has 0 bridgehead atoms. The van der Waals surface area contributed by atoms with E-state index in [1.165, 1.54) is 81.1 Å². The van der Waals surface area contributed by atoms with Gasteiger partial charge in [-0.3, -0.25) is 0 Å². The van der Waals surface area contributed by atoms with Crippen molar-refractivity contribution in [2.45, 2.75) is 137 Å². The molecule has 1 unspecified atom stereocenters. The Kier molecular flexibility index (Phi) is 9.96. The van der Waals surface area contributed by atoms with Crippen LogP contribution in [0.1, 0.15) is 142 Å². The molecule has 0 saturated heterocycles. The van der Waals surface area contributed by atoms with Crippen LogP contribution >= 0.6 is 0 Å². The molecule has 2 nitrogen and oxygen atoms in total. The zero-order valence-electron chi connectivity index (χ0n) is 23.6. The molecular formula is C32H54O2. The van der Waals surface area contributed by atoms with Gasteiger partial charge in [-0.05, 0) is 78.7 Å². The lowest BCUT2D eigenvalue weighted by Crippen LogP contribution is -2.35. The molecule has 194 valence electrons. The molecule has 1 atom stereocenters. The summed E-state index contributed by atoms with van der Waals surface area (Å²) in [5.74, 6) is 3.18. The molecule has 0 aliphatic heterocycles. The Morgan fingerprint density at radius 3 is 1.65 bits per heavy atom. The number of ether oxygens (including phenoxy) is 2. The number of hydrogen-bond donors (Lipinski definition) is 0. The molecule has 0 N–H and O–H groups in total. The van der Waals surface area contributed by atoms with Gasteiger partial charge >= 0.3 is 0 Å². The second-order valence-corrected chi connectivity index (χ2v) is 13.5. The molecule has 34 heavy (non-hydrogen) atoms. The quantitative estimate of drug-likeness (QED) is 0.334. The van der Waals surface area contributed by atoms with Crippen LogP contribution in [0.15, 0.2) is 18.2 Å². The monoisotopic (exact) mass is 470 g/mol. The van der Waals surface area contributed by atoms with E-state index in [-0.39, 0.29) is 16.9 Å². The normalized spacial score (nSPS) is 20.0. The number of benzene rings is 1. The van der Waals surface area contributed by atoms with Crippen LogP contribution in [0.5, 0.6) is 5.75 Å². The summed E-state index contributed by atoms with van der Waals surface area (Å²) >= 11 is 0. The molecule has 2 heteroatoms. The minimum atomic E-state index is 0.249. The van der Waals surface area contributed by atoms with Gasteiger partial charge in [0, 0.05) is 0 Å². The molecule has 0 radical (unpaired) electrons. The minimum absolute atomic E-state index is 0.249. The maximum absolute atomic E-state index is 6.64. The topological polar surface area (TPSA) is 18.5 Å². The predicted octanol–water partition coefficient (Wildman–Crippen LogP) is 9.66. The standard InChI is InChI=1S/C32H54O2/c1-24(23-29(31(2,3)4)32(5,6)7)33-21-22-34-30-27(25-15-10-8-11-16-25)19-14-20-28(30)26-17-12-9-13-18-26/h14,19-20,24-26,29H,8-13,15-18,21-23H2,1-7H3. The molecule has 2 aliphatic carbocycles. The first-order valence-electron chi connectivity index (χ1n) is 14.4. The van der Waals surface area contributed by atoms with Gasteiger partial charge in [-0.15, -0.1) is 0 Å². The molecule has 2 saturated carbocycles. The molecule has 0 spiro atoms. The Labute approximate surface area is 211 Å². The van der Waals surface area contributed by atoms with Gasteiger partial charge in [0.1, 0.15) is 12.4 Å². The van der Waals surface area contributed by atoms with Crippen LogP contribution in [0.3, 0.4) is 0 Å². The van der Waals surface area contributed by atoms with Gasteiger partial charge in [-0.1, -0.05) is 98.3 Å². The van der Waals surface area contributed by atoms with Crippen LogP contribution in [-0.2, 0) is 4.74 Å². The highest BCUT2D eigenvalue weighted by atomic mass is 16.5. The highest BCUT2D eigenvalue weighted by Crippen LogP contribution is 2.45. The van der Waals surface area contributed by atoms with Crippen molar-refractivity contribution in [3.8, 4) is 5.75 Å². The summed E-state index contributed by atoms with van der Waals surface area (Å²) in [5.41, 5.74) is 3.52. The first-order valence-corrected chi connectivity index (χ1v) is 14.4. The van der Waals surface area contributed by atoms with Crippen LogP contribution < -0.4 is 4.74 Å². The molecular weight excluding hydrogens is 416 g/mol. The van der Waals surface area contributed by atoms with Crippen molar-refractivity contribution in [1.29, 1.82) is 0 Å². The lowest BCUT2D eigenvalue weighted by Gasteiger charge is -2.42.